The average molecular weight is 301 g/mol. The molecule has 0 heterocycles. The van der Waals surface area contributed by atoms with Crippen LogP contribution in [0.5, 0.6) is 0 Å². The first-order valence-electron chi connectivity index (χ1n) is 7.08. The first kappa shape index (κ1) is 15.1. The lowest BCUT2D eigenvalue weighted by Crippen LogP contribution is -2.38. The number of hydrogen-bond acceptors (Lipinski definition) is 2. The van der Waals surface area contributed by atoms with Crippen LogP contribution in [0.15, 0.2) is 18.2 Å². The average Bonchev–Trinajstić information content (AvgIpc) is 2.44. The number of hydrogen-bond donors (Lipinski definition) is 2. The number of benzene rings is 1. The summed E-state index contributed by atoms with van der Waals surface area (Å²) in [5.41, 5.74) is 4.01. The Balaban J connectivity index is 2.29. The Morgan fingerprint density at radius 3 is 2.74 bits per heavy atom. The molecule has 2 rings (SSSR count). The van der Waals surface area contributed by atoms with Gasteiger partial charge >= 0.3 is 0 Å². The van der Waals surface area contributed by atoms with Gasteiger partial charge in [-0.3, -0.25) is 11.3 Å². The molecule has 3 atom stereocenters. The summed E-state index contributed by atoms with van der Waals surface area (Å²) >= 11 is 12.4. The lowest BCUT2D eigenvalue weighted by molar-refractivity contribution is 0.176. The lowest BCUT2D eigenvalue weighted by atomic mass is 9.72. The van der Waals surface area contributed by atoms with Gasteiger partial charge in [-0.1, -0.05) is 55.8 Å². The Morgan fingerprint density at radius 2 is 2.05 bits per heavy atom. The van der Waals surface area contributed by atoms with Crippen molar-refractivity contribution in [2.45, 2.75) is 45.1 Å². The minimum Gasteiger partial charge on any atom is -0.271 e. The maximum Gasteiger partial charge on any atom is 0.0506 e. The van der Waals surface area contributed by atoms with Crippen LogP contribution in [0, 0.1) is 11.8 Å². The van der Waals surface area contributed by atoms with Crippen LogP contribution in [0.3, 0.4) is 0 Å². The SMILES string of the molecule is CCC1CCCCC1C(NN)c1cc(Cl)ccc1Cl. The van der Waals surface area contributed by atoms with Crippen molar-refractivity contribution < 1.29 is 0 Å². The van der Waals surface area contributed by atoms with E-state index in [2.05, 4.69) is 12.3 Å². The van der Waals surface area contributed by atoms with Gasteiger partial charge in [0.05, 0.1) is 6.04 Å². The number of nitrogens with two attached hydrogens (primary N) is 1. The van der Waals surface area contributed by atoms with Gasteiger partial charge in [-0.2, -0.15) is 0 Å². The second kappa shape index (κ2) is 6.94. The van der Waals surface area contributed by atoms with E-state index in [9.17, 15) is 0 Å². The van der Waals surface area contributed by atoms with Gasteiger partial charge in [0.2, 0.25) is 0 Å². The quantitative estimate of drug-likeness (QED) is 0.624. The van der Waals surface area contributed by atoms with E-state index >= 15 is 0 Å². The molecule has 0 aromatic heterocycles. The molecule has 0 aliphatic heterocycles. The third-order valence-electron chi connectivity index (χ3n) is 4.39. The van der Waals surface area contributed by atoms with Crippen LogP contribution in [-0.2, 0) is 0 Å². The second-order valence-electron chi connectivity index (χ2n) is 5.43. The summed E-state index contributed by atoms with van der Waals surface area (Å²) in [5.74, 6) is 7.07. The van der Waals surface area contributed by atoms with E-state index in [1.54, 1.807) is 0 Å². The van der Waals surface area contributed by atoms with Crippen LogP contribution >= 0.6 is 23.2 Å². The Kier molecular flexibility index (Phi) is 5.52. The molecule has 0 spiro atoms. The standard InChI is InChI=1S/C15H22Cl2N2/c1-2-10-5-3-4-6-12(10)15(19-18)13-9-11(16)7-8-14(13)17/h7-10,12,15,19H,2-6,18H2,1H3. The first-order chi connectivity index (χ1) is 9.17. The molecule has 1 saturated carbocycles. The van der Waals surface area contributed by atoms with Gasteiger partial charge in [0.15, 0.2) is 0 Å². The molecule has 19 heavy (non-hydrogen) atoms. The molecule has 1 aliphatic rings. The van der Waals surface area contributed by atoms with Crippen molar-refractivity contribution in [1.82, 2.24) is 5.43 Å². The fourth-order valence-electron chi connectivity index (χ4n) is 3.38. The first-order valence-corrected chi connectivity index (χ1v) is 7.84. The minimum absolute atomic E-state index is 0.0939. The third-order valence-corrected chi connectivity index (χ3v) is 4.97. The molecule has 0 amide bonds. The minimum atomic E-state index is 0.0939. The zero-order valence-electron chi connectivity index (χ0n) is 11.3. The van der Waals surface area contributed by atoms with Gasteiger partial charge in [0, 0.05) is 10.0 Å². The number of hydrazine groups is 1. The van der Waals surface area contributed by atoms with E-state index in [0.717, 1.165) is 10.6 Å². The van der Waals surface area contributed by atoms with Gasteiger partial charge in [0.1, 0.15) is 0 Å². The fraction of sp³-hybridized carbons (Fsp3) is 0.600. The van der Waals surface area contributed by atoms with E-state index in [-0.39, 0.29) is 6.04 Å². The molecular weight excluding hydrogens is 279 g/mol. The number of halogens is 2. The molecule has 106 valence electrons. The molecule has 0 saturated heterocycles. The van der Waals surface area contributed by atoms with Crippen molar-refractivity contribution in [2.24, 2.45) is 17.7 Å². The number of rotatable bonds is 4. The van der Waals surface area contributed by atoms with Crippen LogP contribution in [0.2, 0.25) is 10.0 Å². The van der Waals surface area contributed by atoms with Crippen molar-refractivity contribution in [3.05, 3.63) is 33.8 Å². The van der Waals surface area contributed by atoms with E-state index in [0.29, 0.717) is 16.9 Å². The van der Waals surface area contributed by atoms with E-state index in [4.69, 9.17) is 29.0 Å². The summed E-state index contributed by atoms with van der Waals surface area (Å²) in [7, 11) is 0. The van der Waals surface area contributed by atoms with Crippen molar-refractivity contribution in [1.29, 1.82) is 0 Å². The molecule has 1 aliphatic carbocycles. The molecule has 1 aromatic rings. The van der Waals surface area contributed by atoms with Gasteiger partial charge in [-0.25, -0.2) is 0 Å². The van der Waals surface area contributed by atoms with Crippen molar-refractivity contribution >= 4 is 23.2 Å². The summed E-state index contributed by atoms with van der Waals surface area (Å²) in [6.45, 7) is 2.26. The van der Waals surface area contributed by atoms with E-state index < -0.39 is 0 Å². The summed E-state index contributed by atoms with van der Waals surface area (Å²) < 4.78 is 0. The van der Waals surface area contributed by atoms with Gasteiger partial charge in [-0.15, -0.1) is 0 Å². The molecule has 0 radical (unpaired) electrons. The monoisotopic (exact) mass is 300 g/mol. The number of nitrogens with one attached hydrogen (secondary N) is 1. The Bertz CT molecular complexity index is 423. The van der Waals surface area contributed by atoms with E-state index in [1.165, 1.54) is 32.1 Å². The van der Waals surface area contributed by atoms with Crippen LogP contribution in [0.25, 0.3) is 0 Å². The zero-order chi connectivity index (χ0) is 13.8. The van der Waals surface area contributed by atoms with Crippen LogP contribution in [0.1, 0.15) is 50.6 Å². The van der Waals surface area contributed by atoms with Gasteiger partial charge in [-0.05, 0) is 42.0 Å². The topological polar surface area (TPSA) is 38.0 Å². The maximum absolute atomic E-state index is 6.33. The second-order valence-corrected chi connectivity index (χ2v) is 6.27. The van der Waals surface area contributed by atoms with Crippen molar-refractivity contribution in [3.63, 3.8) is 0 Å². The molecule has 1 fully saturated rings. The summed E-state index contributed by atoms with van der Waals surface area (Å²) in [5, 5.41) is 1.45. The van der Waals surface area contributed by atoms with Crippen LogP contribution in [0.4, 0.5) is 0 Å². The van der Waals surface area contributed by atoms with Gasteiger partial charge in [0.25, 0.3) is 0 Å². The normalized spacial score (nSPS) is 25.3. The van der Waals surface area contributed by atoms with Crippen LogP contribution < -0.4 is 11.3 Å². The van der Waals surface area contributed by atoms with Crippen LogP contribution in [-0.4, -0.2) is 0 Å². The summed E-state index contributed by atoms with van der Waals surface area (Å²) in [6, 6.07) is 5.71. The van der Waals surface area contributed by atoms with E-state index in [1.807, 2.05) is 18.2 Å². The molecule has 0 bridgehead atoms. The molecule has 3 N–H and O–H groups in total. The summed E-state index contributed by atoms with van der Waals surface area (Å²) in [6.07, 6.45) is 6.29. The third kappa shape index (κ3) is 3.43. The molecule has 3 unspecified atom stereocenters. The Morgan fingerprint density at radius 1 is 1.32 bits per heavy atom. The smallest absolute Gasteiger partial charge is 0.0506 e. The molecular formula is C15H22Cl2N2. The largest absolute Gasteiger partial charge is 0.271 e. The Labute approximate surface area is 125 Å². The highest BCUT2D eigenvalue weighted by atomic mass is 35.5. The maximum atomic E-state index is 6.33. The van der Waals surface area contributed by atoms with Crippen molar-refractivity contribution in [2.75, 3.05) is 0 Å². The fourth-order valence-corrected chi connectivity index (χ4v) is 3.79. The highest BCUT2D eigenvalue weighted by Crippen LogP contribution is 2.42. The highest BCUT2D eigenvalue weighted by molar-refractivity contribution is 6.33. The molecule has 4 heteroatoms. The summed E-state index contributed by atoms with van der Waals surface area (Å²) in [4.78, 5) is 0. The highest BCUT2D eigenvalue weighted by Gasteiger charge is 2.32. The lowest BCUT2D eigenvalue weighted by Gasteiger charge is -2.37. The van der Waals surface area contributed by atoms with Gasteiger partial charge < -0.3 is 0 Å². The molecule has 2 nitrogen and oxygen atoms in total. The van der Waals surface area contributed by atoms with Crippen molar-refractivity contribution in [3.8, 4) is 0 Å². The predicted molar refractivity (Wildman–Crippen MR) is 82.3 cm³/mol. The predicted octanol–water partition coefficient (Wildman–Crippen LogP) is 4.71. The molecule has 1 aromatic carbocycles. The zero-order valence-corrected chi connectivity index (χ0v) is 12.8. The Hall–Kier alpha value is -0.280.